The maximum Gasteiger partial charge on any atom is 0.239 e. The summed E-state index contributed by atoms with van der Waals surface area (Å²) in [6.07, 6.45) is 2.57. The Hall–Kier alpha value is -1.10. The predicted molar refractivity (Wildman–Crippen MR) is 80.0 cm³/mol. The smallest absolute Gasteiger partial charge is 0.239 e. The normalized spacial score (nSPS) is 26.4. The van der Waals surface area contributed by atoms with E-state index in [9.17, 15) is 9.59 Å². The predicted octanol–water partition coefficient (Wildman–Crippen LogP) is 1.12. The van der Waals surface area contributed by atoms with Crippen LogP contribution >= 0.6 is 0 Å². The van der Waals surface area contributed by atoms with Crippen molar-refractivity contribution < 1.29 is 9.59 Å². The fraction of sp³-hybridized carbons (Fsp3) is 0.867. The van der Waals surface area contributed by atoms with Crippen LogP contribution in [-0.4, -0.2) is 41.9 Å². The largest absolute Gasteiger partial charge is 0.352 e. The van der Waals surface area contributed by atoms with Crippen molar-refractivity contribution in [3.05, 3.63) is 0 Å². The zero-order valence-corrected chi connectivity index (χ0v) is 13.2. The molecule has 1 aliphatic rings. The molecule has 5 heteroatoms. The molecule has 0 aromatic heterocycles. The quantitative estimate of drug-likeness (QED) is 0.794. The summed E-state index contributed by atoms with van der Waals surface area (Å²) in [5, 5.41) is 2.83. The molecular formula is C15H29N3O2. The first kappa shape index (κ1) is 17.0. The van der Waals surface area contributed by atoms with Gasteiger partial charge in [-0.2, -0.15) is 0 Å². The minimum atomic E-state index is -0.0873. The fourth-order valence-electron chi connectivity index (χ4n) is 2.79. The highest BCUT2D eigenvalue weighted by Gasteiger charge is 2.32. The van der Waals surface area contributed by atoms with Crippen LogP contribution < -0.4 is 11.1 Å². The first-order valence-electron chi connectivity index (χ1n) is 7.68. The van der Waals surface area contributed by atoms with Gasteiger partial charge in [0.05, 0.1) is 6.54 Å². The number of rotatable bonds is 5. The Morgan fingerprint density at radius 1 is 1.35 bits per heavy atom. The summed E-state index contributed by atoms with van der Waals surface area (Å²) in [6.45, 7) is 8.58. The number of carbonyl (C=O) groups is 2. The van der Waals surface area contributed by atoms with Gasteiger partial charge in [0.15, 0.2) is 0 Å². The second-order valence-corrected chi connectivity index (χ2v) is 6.23. The molecule has 3 atom stereocenters. The number of nitrogens with zero attached hydrogens (tertiary/aromatic N) is 1. The lowest BCUT2D eigenvalue weighted by molar-refractivity contribution is -0.140. The molecule has 0 aromatic rings. The molecule has 1 rings (SSSR count). The molecule has 0 spiro atoms. The van der Waals surface area contributed by atoms with Crippen LogP contribution in [-0.2, 0) is 9.59 Å². The summed E-state index contributed by atoms with van der Waals surface area (Å²) in [4.78, 5) is 26.0. The van der Waals surface area contributed by atoms with Gasteiger partial charge in [0.1, 0.15) is 0 Å². The number of carbonyl (C=O) groups excluding carboxylic acids is 2. The average molecular weight is 283 g/mol. The van der Waals surface area contributed by atoms with Gasteiger partial charge in [-0.05, 0) is 46.0 Å². The van der Waals surface area contributed by atoms with Crippen molar-refractivity contribution in [2.24, 2.45) is 17.6 Å². The third kappa shape index (κ3) is 4.78. The van der Waals surface area contributed by atoms with Crippen LogP contribution in [0, 0.1) is 11.8 Å². The van der Waals surface area contributed by atoms with E-state index in [2.05, 4.69) is 12.2 Å². The molecule has 116 valence electrons. The summed E-state index contributed by atoms with van der Waals surface area (Å²) < 4.78 is 0. The lowest BCUT2D eigenvalue weighted by Gasteiger charge is -2.34. The molecule has 0 aromatic carbocycles. The zero-order chi connectivity index (χ0) is 15.3. The van der Waals surface area contributed by atoms with E-state index in [1.54, 1.807) is 4.90 Å². The van der Waals surface area contributed by atoms with Crippen molar-refractivity contribution >= 4 is 11.8 Å². The van der Waals surface area contributed by atoms with Crippen LogP contribution in [0.2, 0.25) is 0 Å². The third-order valence-corrected chi connectivity index (χ3v) is 4.06. The maximum absolute atomic E-state index is 12.5. The van der Waals surface area contributed by atoms with Gasteiger partial charge in [-0.3, -0.25) is 9.59 Å². The van der Waals surface area contributed by atoms with Crippen LogP contribution in [0.15, 0.2) is 0 Å². The molecule has 0 aliphatic heterocycles. The minimum absolute atomic E-state index is 0.0246. The van der Waals surface area contributed by atoms with Gasteiger partial charge in [-0.15, -0.1) is 0 Å². The van der Waals surface area contributed by atoms with Crippen molar-refractivity contribution in [1.29, 1.82) is 0 Å². The molecule has 0 bridgehead atoms. The molecule has 1 fully saturated rings. The molecule has 3 N–H and O–H groups in total. The summed E-state index contributed by atoms with van der Waals surface area (Å²) in [5.74, 6) is 0.415. The summed E-state index contributed by atoms with van der Waals surface area (Å²) >= 11 is 0. The van der Waals surface area contributed by atoms with Crippen LogP contribution in [0.4, 0.5) is 0 Å². The molecule has 2 amide bonds. The number of amides is 2. The summed E-state index contributed by atoms with van der Waals surface area (Å²) in [5.41, 5.74) is 6.00. The van der Waals surface area contributed by atoms with Crippen molar-refractivity contribution in [3.8, 4) is 0 Å². The van der Waals surface area contributed by atoms with Crippen molar-refractivity contribution in [2.45, 2.75) is 59.0 Å². The molecule has 5 nitrogen and oxygen atoms in total. The molecule has 1 aliphatic carbocycles. The molecule has 0 radical (unpaired) electrons. The molecule has 1 saturated carbocycles. The summed E-state index contributed by atoms with van der Waals surface area (Å²) in [6, 6.07) is 0.308. The van der Waals surface area contributed by atoms with E-state index < -0.39 is 0 Å². The highest BCUT2D eigenvalue weighted by Crippen LogP contribution is 2.29. The van der Waals surface area contributed by atoms with E-state index in [4.69, 9.17) is 5.73 Å². The lowest BCUT2D eigenvalue weighted by atomic mass is 9.78. The average Bonchev–Trinajstić information content (AvgIpc) is 2.37. The van der Waals surface area contributed by atoms with E-state index in [-0.39, 0.29) is 36.4 Å². The Morgan fingerprint density at radius 3 is 2.50 bits per heavy atom. The highest BCUT2D eigenvalue weighted by molar-refractivity contribution is 5.86. The molecule has 3 unspecified atom stereocenters. The van der Waals surface area contributed by atoms with Gasteiger partial charge in [-0.25, -0.2) is 0 Å². The number of hydrogen-bond donors (Lipinski definition) is 2. The Morgan fingerprint density at radius 2 is 2.00 bits per heavy atom. The standard InChI is InChI=1S/C15H29N3O2/c1-5-18(9-14(19)17-10(2)3)15(20)12-6-7-13(16)11(4)8-12/h10-13H,5-9,16H2,1-4H3,(H,17,19). The highest BCUT2D eigenvalue weighted by atomic mass is 16.2. The van der Waals surface area contributed by atoms with E-state index >= 15 is 0 Å². The Balaban J connectivity index is 2.56. The number of nitrogens with one attached hydrogen (secondary N) is 1. The van der Waals surface area contributed by atoms with Crippen molar-refractivity contribution in [3.63, 3.8) is 0 Å². The number of likely N-dealkylation sites (N-methyl/N-ethyl adjacent to an activating group) is 1. The molecule has 0 saturated heterocycles. The van der Waals surface area contributed by atoms with Crippen LogP contribution in [0.5, 0.6) is 0 Å². The second-order valence-electron chi connectivity index (χ2n) is 6.23. The second kappa shape index (κ2) is 7.62. The van der Waals surface area contributed by atoms with Crippen molar-refractivity contribution in [2.75, 3.05) is 13.1 Å². The van der Waals surface area contributed by atoms with E-state index in [0.29, 0.717) is 12.5 Å². The minimum Gasteiger partial charge on any atom is -0.352 e. The van der Waals surface area contributed by atoms with Gasteiger partial charge < -0.3 is 16.0 Å². The maximum atomic E-state index is 12.5. The lowest BCUT2D eigenvalue weighted by Crippen LogP contribution is -2.46. The van der Waals surface area contributed by atoms with Gasteiger partial charge in [0.2, 0.25) is 11.8 Å². The van der Waals surface area contributed by atoms with Crippen molar-refractivity contribution in [1.82, 2.24) is 10.2 Å². The monoisotopic (exact) mass is 283 g/mol. The van der Waals surface area contributed by atoms with Gasteiger partial charge in [0, 0.05) is 24.5 Å². The number of hydrogen-bond acceptors (Lipinski definition) is 3. The van der Waals surface area contributed by atoms with E-state index in [0.717, 1.165) is 19.3 Å². The van der Waals surface area contributed by atoms with E-state index in [1.807, 2.05) is 20.8 Å². The zero-order valence-electron chi connectivity index (χ0n) is 13.2. The molecule has 20 heavy (non-hydrogen) atoms. The molecular weight excluding hydrogens is 254 g/mol. The SMILES string of the molecule is CCN(CC(=O)NC(C)C)C(=O)C1CCC(N)C(C)C1. The Labute approximate surface area is 122 Å². The van der Waals surface area contributed by atoms with Gasteiger partial charge in [-0.1, -0.05) is 6.92 Å². The Bertz CT molecular complexity index is 344. The fourth-order valence-corrected chi connectivity index (χ4v) is 2.79. The summed E-state index contributed by atoms with van der Waals surface area (Å²) in [7, 11) is 0. The first-order chi connectivity index (χ1) is 9.35. The van der Waals surface area contributed by atoms with Crippen LogP contribution in [0.1, 0.15) is 47.0 Å². The van der Waals surface area contributed by atoms with Crippen LogP contribution in [0.3, 0.4) is 0 Å². The van der Waals surface area contributed by atoms with Gasteiger partial charge >= 0.3 is 0 Å². The van der Waals surface area contributed by atoms with Crippen LogP contribution in [0.25, 0.3) is 0 Å². The first-order valence-corrected chi connectivity index (χ1v) is 7.68. The molecule has 0 heterocycles. The Kier molecular flexibility index (Phi) is 6.46. The van der Waals surface area contributed by atoms with E-state index in [1.165, 1.54) is 0 Å². The third-order valence-electron chi connectivity index (χ3n) is 4.06. The van der Waals surface area contributed by atoms with Gasteiger partial charge in [0.25, 0.3) is 0 Å². The number of nitrogens with two attached hydrogens (primary N) is 1. The topological polar surface area (TPSA) is 75.4 Å².